The maximum absolute atomic E-state index is 15.3. The molecule has 7 rings (SSSR count). The molecule has 0 aliphatic carbocycles. The first-order valence-electron chi connectivity index (χ1n) is 18.0. The number of fused-ring (bicyclic) bond motifs is 1. The van der Waals surface area contributed by atoms with Crippen LogP contribution in [0.5, 0.6) is 11.6 Å². The van der Waals surface area contributed by atoms with Gasteiger partial charge >= 0.3 is 6.03 Å². The highest BCUT2D eigenvalue weighted by Gasteiger charge is 2.59. The topological polar surface area (TPSA) is 158 Å². The fourth-order valence-electron chi connectivity index (χ4n) is 8.02. The molecule has 280 valence electrons. The summed E-state index contributed by atoms with van der Waals surface area (Å²) in [6.07, 6.45) is 3.60. The van der Waals surface area contributed by atoms with Crippen LogP contribution in [0.25, 0.3) is 0 Å². The summed E-state index contributed by atoms with van der Waals surface area (Å²) in [6.45, 7) is 11.2. The van der Waals surface area contributed by atoms with E-state index in [1.165, 1.54) is 37.6 Å². The molecule has 0 unspecified atom stereocenters. The van der Waals surface area contributed by atoms with E-state index >= 15 is 4.79 Å². The van der Waals surface area contributed by atoms with Crippen LogP contribution in [0.1, 0.15) is 47.6 Å². The Labute approximate surface area is 310 Å². The van der Waals surface area contributed by atoms with Gasteiger partial charge in [0, 0.05) is 57.1 Å². The van der Waals surface area contributed by atoms with Gasteiger partial charge in [0.05, 0.1) is 60.8 Å². The Morgan fingerprint density at radius 2 is 1.72 bits per heavy atom. The second-order valence-corrected chi connectivity index (χ2v) is 15.6. The van der Waals surface area contributed by atoms with Crippen molar-refractivity contribution in [2.24, 2.45) is 0 Å². The van der Waals surface area contributed by atoms with Crippen LogP contribution in [-0.2, 0) is 25.1 Å². The first-order chi connectivity index (χ1) is 25.5. The number of nitriles is 1. The fraction of sp³-hybridized carbons (Fsp3) is 0.474. The van der Waals surface area contributed by atoms with Crippen molar-refractivity contribution in [3.05, 3.63) is 76.5 Å². The number of piperidine rings is 1. The van der Waals surface area contributed by atoms with Crippen molar-refractivity contribution < 1.29 is 32.2 Å². The number of carbonyl (C=O) groups excluding carboxylic acids is 2. The number of amides is 3. The highest BCUT2D eigenvalue weighted by molar-refractivity contribution is 7.93. The lowest BCUT2D eigenvalue weighted by atomic mass is 9.83. The van der Waals surface area contributed by atoms with Crippen molar-refractivity contribution in [3.63, 3.8) is 0 Å². The first-order valence-corrected chi connectivity index (χ1v) is 19.5. The molecule has 3 saturated heterocycles. The zero-order valence-corrected chi connectivity index (χ0v) is 31.3. The van der Waals surface area contributed by atoms with Gasteiger partial charge in [-0.1, -0.05) is 0 Å². The van der Waals surface area contributed by atoms with Crippen LogP contribution in [-0.4, -0.2) is 118 Å². The Bertz CT molecular complexity index is 2050. The number of nitrogens with zero attached hydrogens (tertiary/aromatic N) is 6. The van der Waals surface area contributed by atoms with E-state index in [-0.39, 0.29) is 39.8 Å². The first kappa shape index (κ1) is 36.6. The molecule has 0 radical (unpaired) electrons. The third kappa shape index (κ3) is 6.27. The van der Waals surface area contributed by atoms with Crippen LogP contribution >= 0.6 is 0 Å². The third-order valence-corrected chi connectivity index (χ3v) is 13.0. The molecule has 15 heteroatoms. The molecule has 5 heterocycles. The maximum atomic E-state index is 15.3. The molecule has 0 bridgehead atoms. The number of anilines is 1. The molecular formula is C38H45N7O7S. The standard InChI is InChI=1S/C38H45N7O7S/c1-5-52-35-30(7-6-14-40-35)38(41-37(47)44-19-17-43(18-20-44)28-12-15-42(16-13-28)29-23-51-24-29)31-21-27(22-39)8-9-32(31)45(36(38)46)53(48,49)34-11-10-33(50-4)25(2)26(34)3/h6-11,14,21,28-29H,5,12-13,15-20,23-24H2,1-4H3,(H,41,47)/t38-/m1/s1. The Kier molecular flexibility index (Phi) is 10.1. The Hall–Kier alpha value is -4.75. The van der Waals surface area contributed by atoms with Crippen molar-refractivity contribution in [3.8, 4) is 17.7 Å². The number of urea groups is 1. The maximum Gasteiger partial charge on any atom is 0.318 e. The number of likely N-dealkylation sites (tertiary alicyclic amines) is 1. The van der Waals surface area contributed by atoms with Crippen LogP contribution in [0, 0.1) is 25.2 Å². The van der Waals surface area contributed by atoms with Crippen LogP contribution < -0.4 is 19.1 Å². The van der Waals surface area contributed by atoms with Crippen LogP contribution in [0.15, 0.2) is 53.6 Å². The van der Waals surface area contributed by atoms with E-state index in [2.05, 4.69) is 26.2 Å². The van der Waals surface area contributed by atoms with Gasteiger partial charge in [-0.2, -0.15) is 9.57 Å². The molecule has 0 saturated carbocycles. The average molecular weight is 744 g/mol. The van der Waals surface area contributed by atoms with E-state index in [4.69, 9.17) is 14.2 Å². The van der Waals surface area contributed by atoms with Crippen LogP contribution in [0.3, 0.4) is 0 Å². The minimum Gasteiger partial charge on any atom is -0.496 e. The minimum absolute atomic E-state index is 0.0121. The molecule has 3 amide bonds. The summed E-state index contributed by atoms with van der Waals surface area (Å²) >= 11 is 0. The molecule has 4 aliphatic heterocycles. The van der Waals surface area contributed by atoms with E-state index in [1.807, 2.05) is 0 Å². The van der Waals surface area contributed by atoms with Crippen molar-refractivity contribution in [2.75, 3.05) is 70.5 Å². The second kappa shape index (κ2) is 14.6. The highest BCUT2D eigenvalue weighted by Crippen LogP contribution is 2.49. The molecule has 1 N–H and O–H groups in total. The summed E-state index contributed by atoms with van der Waals surface area (Å²) in [4.78, 5) is 40.6. The van der Waals surface area contributed by atoms with Crippen LogP contribution in [0.4, 0.5) is 10.5 Å². The quantitative estimate of drug-likeness (QED) is 0.344. The predicted octanol–water partition coefficient (Wildman–Crippen LogP) is 3.15. The zero-order valence-electron chi connectivity index (χ0n) is 30.5. The average Bonchev–Trinajstić information content (AvgIpc) is 3.40. The van der Waals surface area contributed by atoms with Gasteiger partial charge in [-0.3, -0.25) is 14.6 Å². The SMILES string of the molecule is CCOc1ncccc1[C@]1(NC(=O)N2CCN(C3CCN(C4COC4)CC3)CC2)C(=O)N(S(=O)(=O)c2ccc(OC)c(C)c2C)c2ccc(C#N)cc21. The lowest BCUT2D eigenvalue weighted by Gasteiger charge is -2.46. The minimum atomic E-state index is -4.59. The van der Waals surface area contributed by atoms with Gasteiger partial charge in [0.1, 0.15) is 5.75 Å². The monoisotopic (exact) mass is 743 g/mol. The predicted molar refractivity (Wildman–Crippen MR) is 195 cm³/mol. The number of nitrogens with one attached hydrogen (secondary N) is 1. The number of benzene rings is 2. The molecule has 2 aromatic carbocycles. The largest absolute Gasteiger partial charge is 0.496 e. The van der Waals surface area contributed by atoms with E-state index in [0.29, 0.717) is 55.1 Å². The second-order valence-electron chi connectivity index (χ2n) is 13.9. The van der Waals surface area contributed by atoms with Crippen molar-refractivity contribution in [1.82, 2.24) is 25.0 Å². The smallest absolute Gasteiger partial charge is 0.318 e. The molecule has 3 fully saturated rings. The van der Waals surface area contributed by atoms with E-state index in [9.17, 15) is 18.5 Å². The number of sulfonamides is 1. The molecule has 3 aromatic rings. The summed E-state index contributed by atoms with van der Waals surface area (Å²) in [5.74, 6) is -0.391. The number of carbonyl (C=O) groups is 2. The van der Waals surface area contributed by atoms with E-state index < -0.39 is 27.5 Å². The zero-order chi connectivity index (χ0) is 37.5. The van der Waals surface area contributed by atoms with Gasteiger partial charge in [0.25, 0.3) is 15.9 Å². The third-order valence-electron chi connectivity index (χ3n) is 11.2. The van der Waals surface area contributed by atoms with Gasteiger partial charge < -0.3 is 24.4 Å². The summed E-state index contributed by atoms with van der Waals surface area (Å²) in [6, 6.07) is 13.0. The van der Waals surface area contributed by atoms with E-state index in [1.54, 1.807) is 43.9 Å². The number of rotatable bonds is 9. The summed E-state index contributed by atoms with van der Waals surface area (Å²) in [7, 11) is -3.09. The summed E-state index contributed by atoms with van der Waals surface area (Å²) in [5, 5.41) is 13.0. The van der Waals surface area contributed by atoms with Gasteiger partial charge in [0.2, 0.25) is 5.88 Å². The Morgan fingerprint density at radius 1 is 1.00 bits per heavy atom. The molecule has 1 atom stereocenters. The normalized spacial score (nSPS) is 21.5. The van der Waals surface area contributed by atoms with E-state index in [0.717, 1.165) is 43.5 Å². The number of hydrogen-bond donors (Lipinski definition) is 1. The van der Waals surface area contributed by atoms with Gasteiger partial charge in [-0.15, -0.1) is 0 Å². The van der Waals surface area contributed by atoms with Crippen LogP contribution in [0.2, 0.25) is 0 Å². The number of hydrogen-bond acceptors (Lipinski definition) is 11. The number of piperazine rings is 1. The molecular weight excluding hydrogens is 699 g/mol. The lowest BCUT2D eigenvalue weighted by molar-refractivity contribution is -0.121. The number of pyridine rings is 1. The number of aromatic nitrogens is 1. The molecule has 1 aromatic heterocycles. The van der Waals surface area contributed by atoms with Crippen molar-refractivity contribution in [2.45, 2.75) is 56.1 Å². The molecule has 4 aliphatic rings. The number of ether oxygens (including phenoxy) is 3. The molecule has 53 heavy (non-hydrogen) atoms. The number of methoxy groups -OCH3 is 1. The fourth-order valence-corrected chi connectivity index (χ4v) is 9.77. The summed E-state index contributed by atoms with van der Waals surface area (Å²) in [5.41, 5.74) is -0.642. The van der Waals surface area contributed by atoms with Gasteiger partial charge in [0.15, 0.2) is 5.54 Å². The van der Waals surface area contributed by atoms with Gasteiger partial charge in [-0.25, -0.2) is 18.2 Å². The lowest BCUT2D eigenvalue weighted by Crippen LogP contribution is -2.61. The Balaban J connectivity index is 1.25. The highest BCUT2D eigenvalue weighted by atomic mass is 32.2. The van der Waals surface area contributed by atoms with Gasteiger partial charge in [-0.05, 0) is 87.2 Å². The van der Waals surface area contributed by atoms with Crippen molar-refractivity contribution >= 4 is 27.6 Å². The van der Waals surface area contributed by atoms with Crippen molar-refractivity contribution in [1.29, 1.82) is 5.26 Å². The summed E-state index contributed by atoms with van der Waals surface area (Å²) < 4.78 is 46.9. The Morgan fingerprint density at radius 3 is 2.36 bits per heavy atom. The molecule has 0 spiro atoms. The molecule has 14 nitrogen and oxygen atoms in total.